The molecule has 2 fully saturated rings. The van der Waals surface area contributed by atoms with Crippen molar-refractivity contribution >= 4 is 5.91 Å². The summed E-state index contributed by atoms with van der Waals surface area (Å²) in [5, 5.41) is 3.05. The van der Waals surface area contributed by atoms with Crippen LogP contribution in [-0.2, 0) is 14.3 Å². The van der Waals surface area contributed by atoms with Crippen LogP contribution < -0.4 is 5.32 Å². The molecule has 0 radical (unpaired) electrons. The average Bonchev–Trinajstić information content (AvgIpc) is 3.21. The third-order valence-electron chi connectivity index (χ3n) is 4.11. The fourth-order valence-corrected chi connectivity index (χ4v) is 2.44. The van der Waals surface area contributed by atoms with Crippen molar-refractivity contribution in [3.05, 3.63) is 0 Å². The molecule has 4 heteroatoms. The molecule has 0 spiro atoms. The fourth-order valence-electron chi connectivity index (χ4n) is 2.44. The molecule has 98 valence electrons. The minimum atomic E-state index is -0.180. The van der Waals surface area contributed by atoms with Crippen molar-refractivity contribution in [3.8, 4) is 0 Å². The van der Waals surface area contributed by atoms with Gasteiger partial charge < -0.3 is 14.8 Å². The molecule has 1 aliphatic carbocycles. The Morgan fingerprint density at radius 3 is 2.53 bits per heavy atom. The predicted molar refractivity (Wildman–Crippen MR) is 64.7 cm³/mol. The Hall–Kier alpha value is -0.610. The first-order valence-electron chi connectivity index (χ1n) is 6.56. The van der Waals surface area contributed by atoms with Gasteiger partial charge in [0, 0.05) is 32.8 Å². The fraction of sp³-hybridized carbons (Fsp3) is 0.923. The van der Waals surface area contributed by atoms with E-state index in [2.05, 4.69) is 12.2 Å². The van der Waals surface area contributed by atoms with E-state index in [1.54, 1.807) is 7.11 Å². The van der Waals surface area contributed by atoms with E-state index < -0.39 is 0 Å². The van der Waals surface area contributed by atoms with E-state index in [1.807, 2.05) is 0 Å². The maximum absolute atomic E-state index is 12.0. The van der Waals surface area contributed by atoms with Crippen molar-refractivity contribution in [2.75, 3.05) is 26.9 Å². The number of carbonyl (C=O) groups is 1. The summed E-state index contributed by atoms with van der Waals surface area (Å²) in [5.41, 5.74) is -0.180. The van der Waals surface area contributed by atoms with Crippen LogP contribution >= 0.6 is 0 Å². The lowest BCUT2D eigenvalue weighted by Crippen LogP contribution is -2.46. The average molecular weight is 241 g/mol. The van der Waals surface area contributed by atoms with Gasteiger partial charge in [-0.25, -0.2) is 0 Å². The van der Waals surface area contributed by atoms with Gasteiger partial charge in [0.15, 0.2) is 0 Å². The molecule has 2 aliphatic rings. The predicted octanol–water partition coefficient (Wildman–Crippen LogP) is 1.34. The quantitative estimate of drug-likeness (QED) is 0.790. The van der Waals surface area contributed by atoms with Crippen molar-refractivity contribution < 1.29 is 14.3 Å². The van der Waals surface area contributed by atoms with Crippen LogP contribution in [0.5, 0.6) is 0 Å². The summed E-state index contributed by atoms with van der Waals surface area (Å²) in [6.07, 6.45) is 4.13. The highest BCUT2D eigenvalue weighted by Gasteiger charge is 2.42. The van der Waals surface area contributed by atoms with Gasteiger partial charge in [-0.1, -0.05) is 0 Å². The van der Waals surface area contributed by atoms with Crippen LogP contribution in [0.4, 0.5) is 0 Å². The smallest absolute Gasteiger partial charge is 0.223 e. The van der Waals surface area contributed by atoms with Gasteiger partial charge in [-0.3, -0.25) is 4.79 Å². The van der Waals surface area contributed by atoms with E-state index in [9.17, 15) is 4.79 Å². The second-order valence-electron chi connectivity index (χ2n) is 5.40. The number of nitrogens with one attached hydrogen (secondary N) is 1. The molecule has 1 unspecified atom stereocenters. The van der Waals surface area contributed by atoms with E-state index in [0.29, 0.717) is 25.7 Å². The number of rotatable bonds is 5. The largest absolute Gasteiger partial charge is 0.381 e. The van der Waals surface area contributed by atoms with Crippen LogP contribution in [0.3, 0.4) is 0 Å². The Kier molecular flexibility index (Phi) is 4.05. The topological polar surface area (TPSA) is 47.6 Å². The van der Waals surface area contributed by atoms with Crippen LogP contribution in [0.2, 0.25) is 0 Å². The number of methoxy groups -OCH3 is 1. The number of ether oxygens (including phenoxy) is 2. The zero-order valence-corrected chi connectivity index (χ0v) is 10.8. The van der Waals surface area contributed by atoms with E-state index in [1.165, 1.54) is 12.8 Å². The SMILES string of the molecule is COC(C)(CNC(=O)C1CCOCC1)C1CC1. The summed E-state index contributed by atoms with van der Waals surface area (Å²) in [4.78, 5) is 12.0. The molecule has 2 rings (SSSR count). The van der Waals surface area contributed by atoms with Gasteiger partial charge >= 0.3 is 0 Å². The first-order valence-corrected chi connectivity index (χ1v) is 6.56. The second kappa shape index (κ2) is 5.36. The summed E-state index contributed by atoms with van der Waals surface area (Å²) in [6, 6.07) is 0. The van der Waals surface area contributed by atoms with Gasteiger partial charge in [-0.05, 0) is 38.5 Å². The highest BCUT2D eigenvalue weighted by atomic mass is 16.5. The zero-order valence-electron chi connectivity index (χ0n) is 10.8. The van der Waals surface area contributed by atoms with Crippen molar-refractivity contribution in [1.29, 1.82) is 0 Å². The van der Waals surface area contributed by atoms with E-state index in [-0.39, 0.29) is 17.4 Å². The van der Waals surface area contributed by atoms with Crippen LogP contribution in [0.15, 0.2) is 0 Å². The standard InChI is InChI=1S/C13H23NO3/c1-13(16-2,11-3-4-11)9-14-12(15)10-5-7-17-8-6-10/h10-11H,3-9H2,1-2H3,(H,14,15). The minimum Gasteiger partial charge on any atom is -0.381 e. The van der Waals surface area contributed by atoms with Gasteiger partial charge in [0.05, 0.1) is 5.60 Å². The molecular weight excluding hydrogens is 218 g/mol. The zero-order chi connectivity index (χ0) is 12.3. The highest BCUT2D eigenvalue weighted by Crippen LogP contribution is 2.41. The lowest BCUT2D eigenvalue weighted by atomic mass is 9.97. The molecule has 17 heavy (non-hydrogen) atoms. The Balaban J connectivity index is 1.78. The molecule has 1 atom stereocenters. The summed E-state index contributed by atoms with van der Waals surface area (Å²) in [6.45, 7) is 4.14. The summed E-state index contributed by atoms with van der Waals surface area (Å²) < 4.78 is 10.8. The normalized spacial score (nSPS) is 25.3. The Bertz CT molecular complexity index is 272. The molecule has 1 N–H and O–H groups in total. The summed E-state index contributed by atoms with van der Waals surface area (Å²) >= 11 is 0. The third kappa shape index (κ3) is 3.19. The molecule has 0 bridgehead atoms. The van der Waals surface area contributed by atoms with Gasteiger partial charge in [0.25, 0.3) is 0 Å². The third-order valence-corrected chi connectivity index (χ3v) is 4.11. The van der Waals surface area contributed by atoms with Gasteiger partial charge in [-0.15, -0.1) is 0 Å². The maximum Gasteiger partial charge on any atom is 0.223 e. The van der Waals surface area contributed by atoms with Crippen molar-refractivity contribution in [1.82, 2.24) is 5.32 Å². The highest BCUT2D eigenvalue weighted by molar-refractivity contribution is 5.78. The first-order chi connectivity index (χ1) is 8.15. The Morgan fingerprint density at radius 1 is 1.35 bits per heavy atom. The molecule has 1 saturated heterocycles. The van der Waals surface area contributed by atoms with Crippen molar-refractivity contribution in [2.45, 2.75) is 38.2 Å². The molecule has 1 saturated carbocycles. The van der Waals surface area contributed by atoms with Crippen molar-refractivity contribution in [3.63, 3.8) is 0 Å². The van der Waals surface area contributed by atoms with E-state index in [0.717, 1.165) is 12.8 Å². The molecule has 1 aliphatic heterocycles. The molecule has 0 aromatic rings. The van der Waals surface area contributed by atoms with E-state index >= 15 is 0 Å². The molecule has 0 aromatic heterocycles. The molecule has 1 heterocycles. The van der Waals surface area contributed by atoms with Crippen LogP contribution in [0.25, 0.3) is 0 Å². The van der Waals surface area contributed by atoms with Gasteiger partial charge in [-0.2, -0.15) is 0 Å². The van der Waals surface area contributed by atoms with Crippen LogP contribution in [-0.4, -0.2) is 38.4 Å². The lowest BCUT2D eigenvalue weighted by Gasteiger charge is -2.30. The molecule has 4 nitrogen and oxygen atoms in total. The van der Waals surface area contributed by atoms with Gasteiger partial charge in [0.2, 0.25) is 5.91 Å². The monoisotopic (exact) mass is 241 g/mol. The molecule has 1 amide bonds. The number of amides is 1. The molecular formula is C13H23NO3. The summed E-state index contributed by atoms with van der Waals surface area (Å²) in [7, 11) is 1.74. The number of hydrogen-bond acceptors (Lipinski definition) is 3. The Labute approximate surface area is 103 Å². The van der Waals surface area contributed by atoms with Crippen molar-refractivity contribution in [2.24, 2.45) is 11.8 Å². The number of carbonyl (C=O) groups excluding carboxylic acids is 1. The molecule has 0 aromatic carbocycles. The number of hydrogen-bond donors (Lipinski definition) is 1. The van der Waals surface area contributed by atoms with Gasteiger partial charge in [0.1, 0.15) is 0 Å². The minimum absolute atomic E-state index is 0.129. The Morgan fingerprint density at radius 2 is 2.00 bits per heavy atom. The van der Waals surface area contributed by atoms with E-state index in [4.69, 9.17) is 9.47 Å². The van der Waals surface area contributed by atoms with Crippen LogP contribution in [0, 0.1) is 11.8 Å². The lowest BCUT2D eigenvalue weighted by molar-refractivity contribution is -0.129. The summed E-state index contributed by atoms with van der Waals surface area (Å²) in [5.74, 6) is 0.906. The first kappa shape index (κ1) is 12.8. The maximum atomic E-state index is 12.0. The second-order valence-corrected chi connectivity index (χ2v) is 5.40. The van der Waals surface area contributed by atoms with Crippen LogP contribution in [0.1, 0.15) is 32.6 Å².